The molecule has 324 valence electrons. The van der Waals surface area contributed by atoms with Crippen LogP contribution in [-0.4, -0.2) is 61.2 Å². The van der Waals surface area contributed by atoms with Crippen molar-refractivity contribution >= 4 is 0 Å². The van der Waals surface area contributed by atoms with Crippen LogP contribution in [0.15, 0.2) is 256 Å². The van der Waals surface area contributed by atoms with E-state index in [-0.39, 0.29) is 0 Å². The van der Waals surface area contributed by atoms with Gasteiger partial charge in [0.05, 0.1) is 34.2 Å². The first kappa shape index (κ1) is 44.6. The molecule has 12 aromatic rings. The van der Waals surface area contributed by atoms with Gasteiger partial charge in [0.2, 0.25) is 0 Å². The van der Waals surface area contributed by atoms with Crippen LogP contribution < -0.4 is 0 Å². The molecule has 0 spiro atoms. The molecule has 0 radical (unpaired) electrons. The number of aromatic amines is 6. The fourth-order valence-electron chi connectivity index (χ4n) is 6.21. The minimum absolute atomic E-state index is 1.06. The summed E-state index contributed by atoms with van der Waals surface area (Å²) in [5, 5.41) is 40.7. The average molecular weight is 865 g/mol. The minimum atomic E-state index is 1.06. The van der Waals surface area contributed by atoms with E-state index in [4.69, 9.17) is 0 Å². The molecule has 6 aromatic carbocycles. The van der Waals surface area contributed by atoms with Gasteiger partial charge in [-0.2, -0.15) is 30.6 Å². The Bertz CT molecular complexity index is 2400. The van der Waals surface area contributed by atoms with Crippen molar-refractivity contribution < 1.29 is 0 Å². The molecule has 0 saturated carbocycles. The van der Waals surface area contributed by atoms with Gasteiger partial charge in [0.25, 0.3) is 0 Å². The number of hydrogen-bond acceptors (Lipinski definition) is 6. The number of aromatic nitrogens is 12. The van der Waals surface area contributed by atoms with Crippen LogP contribution in [0.1, 0.15) is 0 Å². The van der Waals surface area contributed by atoms with Gasteiger partial charge in [-0.25, -0.2) is 0 Å². The lowest BCUT2D eigenvalue weighted by molar-refractivity contribution is 1.10. The van der Waals surface area contributed by atoms with Gasteiger partial charge in [-0.05, 0) is 69.8 Å². The molecule has 12 rings (SSSR count). The first-order valence-electron chi connectivity index (χ1n) is 21.1. The Morgan fingerprint density at radius 3 is 0.409 bits per heavy atom. The highest BCUT2D eigenvalue weighted by molar-refractivity contribution is 5.61. The maximum Gasteiger partial charge on any atom is 0.0650 e. The normalized spacial score (nSPS) is 9.82. The van der Waals surface area contributed by atoms with Gasteiger partial charge in [0, 0.05) is 37.2 Å². The van der Waals surface area contributed by atoms with E-state index in [1.54, 1.807) is 37.2 Å². The fraction of sp³-hybridized carbons (Fsp3) is 0. The van der Waals surface area contributed by atoms with Crippen molar-refractivity contribution in [2.45, 2.75) is 0 Å². The van der Waals surface area contributed by atoms with Crippen molar-refractivity contribution in [3.05, 3.63) is 256 Å². The topological polar surface area (TPSA) is 172 Å². The molecule has 0 aliphatic heterocycles. The summed E-state index contributed by atoms with van der Waals surface area (Å²) in [6.45, 7) is 0. The summed E-state index contributed by atoms with van der Waals surface area (Å²) < 4.78 is 0. The highest BCUT2D eigenvalue weighted by Gasteiger charge is 1.98. The third-order valence-corrected chi connectivity index (χ3v) is 9.51. The van der Waals surface area contributed by atoms with Gasteiger partial charge in [-0.1, -0.05) is 182 Å². The largest absolute Gasteiger partial charge is 0.278 e. The van der Waals surface area contributed by atoms with Crippen LogP contribution in [0.5, 0.6) is 0 Å². The number of nitrogens with zero attached hydrogens (tertiary/aromatic N) is 6. The maximum atomic E-state index is 3.87. The Morgan fingerprint density at radius 1 is 0.167 bits per heavy atom. The van der Waals surface area contributed by atoms with E-state index >= 15 is 0 Å². The fourth-order valence-corrected chi connectivity index (χ4v) is 6.21. The van der Waals surface area contributed by atoms with E-state index in [0.717, 1.165) is 34.2 Å². The van der Waals surface area contributed by atoms with Crippen LogP contribution in [-0.2, 0) is 0 Å². The van der Waals surface area contributed by atoms with E-state index in [0.29, 0.717) is 0 Å². The van der Waals surface area contributed by atoms with E-state index in [9.17, 15) is 0 Å². The van der Waals surface area contributed by atoms with Crippen LogP contribution >= 0.6 is 0 Å². The second kappa shape index (κ2) is 25.5. The molecular weight excluding hydrogens is 817 g/mol. The molecule has 0 aliphatic rings. The number of nitrogens with one attached hydrogen (secondary N) is 6. The molecule has 0 fully saturated rings. The van der Waals surface area contributed by atoms with E-state index in [1.165, 1.54) is 33.4 Å². The SMILES string of the molecule is c1ccc(-c2ccn[nH]2)cc1.c1ccc(-c2ccn[nH]2)cc1.c1ccc(-c2ccn[nH]2)cc1.c1ccc(-c2ccn[nH]2)cc1.c1ccc(-c2ccn[nH]2)cc1.c1ccc(-c2ccn[nH]2)cc1. The lowest BCUT2D eigenvalue weighted by Crippen LogP contribution is -1.75. The number of H-pyrrole nitrogens is 6. The van der Waals surface area contributed by atoms with Crippen molar-refractivity contribution in [1.29, 1.82) is 0 Å². The molecule has 0 aliphatic carbocycles. The standard InChI is InChI=1S/6C9H8N2/c6*1-2-4-8(5-3-1)9-6-7-10-11-9/h6*1-7H,(H,10,11). The maximum absolute atomic E-state index is 3.87. The van der Waals surface area contributed by atoms with Crippen LogP contribution in [0.25, 0.3) is 67.5 Å². The van der Waals surface area contributed by atoms with Crippen LogP contribution in [0.2, 0.25) is 0 Å². The van der Waals surface area contributed by atoms with E-state index < -0.39 is 0 Å². The molecule has 0 saturated heterocycles. The molecule has 6 heterocycles. The smallest absolute Gasteiger partial charge is 0.0650 e. The second-order valence-corrected chi connectivity index (χ2v) is 14.0. The Balaban J connectivity index is 0.000000118. The van der Waals surface area contributed by atoms with Crippen LogP contribution in [0.4, 0.5) is 0 Å². The molecular formula is C54H48N12. The molecule has 12 nitrogen and oxygen atoms in total. The minimum Gasteiger partial charge on any atom is -0.278 e. The summed E-state index contributed by atoms with van der Waals surface area (Å²) in [7, 11) is 0. The van der Waals surface area contributed by atoms with Crippen molar-refractivity contribution in [2.24, 2.45) is 0 Å². The number of hydrogen-bond donors (Lipinski definition) is 6. The lowest BCUT2D eigenvalue weighted by Gasteiger charge is -1.93. The Labute approximate surface area is 382 Å². The van der Waals surface area contributed by atoms with Crippen molar-refractivity contribution in [1.82, 2.24) is 61.2 Å². The summed E-state index contributed by atoms with van der Waals surface area (Å²) >= 11 is 0. The number of rotatable bonds is 6. The Hall–Kier alpha value is -9.42. The third-order valence-electron chi connectivity index (χ3n) is 9.51. The van der Waals surface area contributed by atoms with E-state index in [1.807, 2.05) is 218 Å². The van der Waals surface area contributed by atoms with Gasteiger partial charge in [0.1, 0.15) is 0 Å². The summed E-state index contributed by atoms with van der Waals surface area (Å²) in [6.07, 6.45) is 10.5. The molecule has 0 bridgehead atoms. The van der Waals surface area contributed by atoms with Gasteiger partial charge in [0.15, 0.2) is 0 Å². The molecule has 0 amide bonds. The molecule has 66 heavy (non-hydrogen) atoms. The zero-order valence-electron chi connectivity index (χ0n) is 35.9. The van der Waals surface area contributed by atoms with Crippen molar-refractivity contribution in [3.8, 4) is 67.5 Å². The highest BCUT2D eigenvalue weighted by atomic mass is 15.1. The first-order chi connectivity index (χ1) is 32.8. The average Bonchev–Trinajstić information content (AvgIpc) is 4.26. The zero-order chi connectivity index (χ0) is 45.1. The zero-order valence-corrected chi connectivity index (χ0v) is 35.9. The van der Waals surface area contributed by atoms with Gasteiger partial charge < -0.3 is 0 Å². The summed E-state index contributed by atoms with van der Waals surface area (Å²) in [4.78, 5) is 0. The van der Waals surface area contributed by atoms with Gasteiger partial charge in [-0.3, -0.25) is 30.6 Å². The monoisotopic (exact) mass is 864 g/mol. The third kappa shape index (κ3) is 14.3. The van der Waals surface area contributed by atoms with Gasteiger partial charge in [-0.15, -0.1) is 0 Å². The van der Waals surface area contributed by atoms with Crippen LogP contribution in [0.3, 0.4) is 0 Å². The predicted octanol–water partition coefficient (Wildman–Crippen LogP) is 12.5. The summed E-state index contributed by atoms with van der Waals surface area (Å²) in [5.74, 6) is 0. The molecule has 0 unspecified atom stereocenters. The molecule has 6 aromatic heterocycles. The Kier molecular flexibility index (Phi) is 17.2. The summed E-state index contributed by atoms with van der Waals surface area (Å²) in [6, 6.07) is 72.4. The molecule has 12 heteroatoms. The molecule has 0 atom stereocenters. The predicted molar refractivity (Wildman–Crippen MR) is 264 cm³/mol. The first-order valence-corrected chi connectivity index (χ1v) is 21.1. The quantitative estimate of drug-likeness (QED) is 0.0971. The van der Waals surface area contributed by atoms with Gasteiger partial charge >= 0.3 is 0 Å². The van der Waals surface area contributed by atoms with E-state index in [2.05, 4.69) is 61.2 Å². The molecule has 6 N–H and O–H groups in total. The second-order valence-electron chi connectivity index (χ2n) is 14.0. The van der Waals surface area contributed by atoms with Crippen LogP contribution in [0, 0.1) is 0 Å². The number of benzene rings is 6. The highest BCUT2D eigenvalue weighted by Crippen LogP contribution is 2.18. The van der Waals surface area contributed by atoms with Crippen molar-refractivity contribution in [2.75, 3.05) is 0 Å². The Morgan fingerprint density at radius 2 is 0.303 bits per heavy atom. The summed E-state index contributed by atoms with van der Waals surface area (Å²) in [5.41, 5.74) is 13.4. The lowest BCUT2D eigenvalue weighted by atomic mass is 10.2. The van der Waals surface area contributed by atoms with Crippen molar-refractivity contribution in [3.63, 3.8) is 0 Å².